The van der Waals surface area contributed by atoms with Gasteiger partial charge in [0, 0.05) is 10.7 Å². The Morgan fingerprint density at radius 3 is 2.44 bits per heavy atom. The van der Waals surface area contributed by atoms with Gasteiger partial charge in [-0.2, -0.15) is 0 Å². The molecule has 0 aliphatic heterocycles. The van der Waals surface area contributed by atoms with Crippen LogP contribution in [0, 0.1) is 0 Å². The maximum absolute atomic E-state index is 11.1. The second-order valence-electron chi connectivity index (χ2n) is 3.80. The molecule has 0 heterocycles. The van der Waals surface area contributed by atoms with E-state index >= 15 is 0 Å². The Morgan fingerprint density at radius 1 is 1.28 bits per heavy atom. The number of halogens is 2. The molecular formula is C11H14Cl2O4S. The molecule has 0 N–H and O–H groups in total. The fourth-order valence-corrected chi connectivity index (χ4v) is 2.26. The van der Waals surface area contributed by atoms with Crippen LogP contribution in [-0.2, 0) is 13.8 Å². The average molecular weight is 313 g/mol. The predicted octanol–water partition coefficient (Wildman–Crippen LogP) is 3.07. The maximum atomic E-state index is 11.1. The van der Waals surface area contributed by atoms with E-state index in [1.165, 1.54) is 18.2 Å². The van der Waals surface area contributed by atoms with Crippen molar-refractivity contribution in [3.05, 3.63) is 23.2 Å². The van der Waals surface area contributed by atoms with E-state index in [1.54, 1.807) is 0 Å². The third kappa shape index (κ3) is 5.02. The molecule has 0 saturated carbocycles. The minimum absolute atomic E-state index is 0.0556. The van der Waals surface area contributed by atoms with Crippen molar-refractivity contribution in [2.45, 2.75) is 24.8 Å². The van der Waals surface area contributed by atoms with Crippen LogP contribution in [0.1, 0.15) is 13.8 Å². The molecule has 0 aliphatic carbocycles. The summed E-state index contributed by atoms with van der Waals surface area (Å²) in [6.07, 6.45) is 0.132. The first kappa shape index (κ1) is 15.6. The monoisotopic (exact) mass is 312 g/mol. The summed E-state index contributed by atoms with van der Waals surface area (Å²) in [6.45, 7) is 4.62. The van der Waals surface area contributed by atoms with Gasteiger partial charge in [-0.3, -0.25) is 0 Å². The van der Waals surface area contributed by atoms with Crippen molar-refractivity contribution in [3.8, 4) is 5.75 Å². The molecule has 0 atom stereocenters. The molecule has 0 fully saturated rings. The van der Waals surface area contributed by atoms with E-state index in [9.17, 15) is 8.42 Å². The van der Waals surface area contributed by atoms with Gasteiger partial charge in [0.1, 0.15) is 12.4 Å². The zero-order valence-corrected chi connectivity index (χ0v) is 12.3. The van der Waals surface area contributed by atoms with Crippen LogP contribution in [0.25, 0.3) is 0 Å². The van der Waals surface area contributed by atoms with Crippen molar-refractivity contribution in [2.24, 2.45) is 0 Å². The number of benzene rings is 1. The van der Waals surface area contributed by atoms with Gasteiger partial charge in [0.25, 0.3) is 9.05 Å². The minimum atomic E-state index is -3.77. The molecule has 102 valence electrons. The van der Waals surface area contributed by atoms with Crippen molar-refractivity contribution >= 4 is 31.3 Å². The second-order valence-corrected chi connectivity index (χ2v) is 6.77. The maximum Gasteiger partial charge on any atom is 0.261 e. The summed E-state index contributed by atoms with van der Waals surface area (Å²) < 4.78 is 32.8. The molecular weight excluding hydrogens is 299 g/mol. The van der Waals surface area contributed by atoms with Gasteiger partial charge in [0.15, 0.2) is 0 Å². The highest BCUT2D eigenvalue weighted by Gasteiger charge is 2.12. The Bertz CT molecular complexity index is 500. The summed E-state index contributed by atoms with van der Waals surface area (Å²) in [4.78, 5) is -0.0556. The third-order valence-electron chi connectivity index (χ3n) is 1.98. The normalized spacial score (nSPS) is 11.8. The number of hydrogen-bond donors (Lipinski definition) is 0. The van der Waals surface area contributed by atoms with Gasteiger partial charge >= 0.3 is 0 Å². The number of hydrogen-bond acceptors (Lipinski definition) is 4. The molecule has 0 aliphatic rings. The lowest BCUT2D eigenvalue weighted by atomic mass is 10.3. The van der Waals surface area contributed by atoms with E-state index in [1.807, 2.05) is 13.8 Å². The molecule has 0 radical (unpaired) electrons. The molecule has 0 unspecified atom stereocenters. The van der Waals surface area contributed by atoms with Crippen LogP contribution in [0.3, 0.4) is 0 Å². The van der Waals surface area contributed by atoms with E-state index in [0.717, 1.165) is 0 Å². The van der Waals surface area contributed by atoms with Crippen molar-refractivity contribution in [3.63, 3.8) is 0 Å². The Labute approximate surface area is 116 Å². The average Bonchev–Trinajstić information content (AvgIpc) is 2.24. The van der Waals surface area contributed by atoms with E-state index in [4.69, 9.17) is 31.8 Å². The zero-order valence-electron chi connectivity index (χ0n) is 10.0. The molecule has 0 aromatic heterocycles. The van der Waals surface area contributed by atoms with E-state index in [0.29, 0.717) is 19.0 Å². The second kappa shape index (κ2) is 6.61. The van der Waals surface area contributed by atoms with Crippen molar-refractivity contribution in [2.75, 3.05) is 13.2 Å². The van der Waals surface area contributed by atoms with Crippen LogP contribution >= 0.6 is 22.3 Å². The summed E-state index contributed by atoms with van der Waals surface area (Å²) in [5.74, 6) is 0.396. The lowest BCUT2D eigenvalue weighted by Gasteiger charge is -2.10. The van der Waals surface area contributed by atoms with Gasteiger partial charge in [-0.05, 0) is 32.0 Å². The molecule has 4 nitrogen and oxygen atoms in total. The molecule has 1 aromatic rings. The van der Waals surface area contributed by atoms with E-state index in [-0.39, 0.29) is 16.0 Å². The van der Waals surface area contributed by atoms with Crippen LogP contribution in [0.15, 0.2) is 23.1 Å². The van der Waals surface area contributed by atoms with E-state index < -0.39 is 9.05 Å². The standard InChI is InChI=1S/C11H14Cl2O4S/c1-8(2)16-5-6-17-11-4-3-9(7-10(11)12)18(13,14)15/h3-4,7-8H,5-6H2,1-2H3. The first-order valence-electron chi connectivity index (χ1n) is 5.29. The molecule has 0 amide bonds. The van der Waals surface area contributed by atoms with Crippen molar-refractivity contribution in [1.29, 1.82) is 0 Å². The highest BCUT2D eigenvalue weighted by molar-refractivity contribution is 8.13. The van der Waals surface area contributed by atoms with Gasteiger partial charge in [0.2, 0.25) is 0 Å². The fourth-order valence-electron chi connectivity index (χ4n) is 1.19. The Balaban J connectivity index is 2.64. The smallest absolute Gasteiger partial charge is 0.261 e. The molecule has 0 saturated heterocycles. The van der Waals surface area contributed by atoms with E-state index in [2.05, 4.69) is 0 Å². The quantitative estimate of drug-likeness (QED) is 0.598. The van der Waals surface area contributed by atoms with Crippen LogP contribution < -0.4 is 4.74 Å². The molecule has 0 spiro atoms. The molecule has 0 bridgehead atoms. The van der Waals surface area contributed by atoms with Crippen molar-refractivity contribution < 1.29 is 17.9 Å². The van der Waals surface area contributed by atoms with Crippen LogP contribution in [0.4, 0.5) is 0 Å². The lowest BCUT2D eigenvalue weighted by Crippen LogP contribution is -2.11. The molecule has 1 rings (SSSR count). The zero-order chi connectivity index (χ0) is 13.8. The van der Waals surface area contributed by atoms with Crippen molar-refractivity contribution in [1.82, 2.24) is 0 Å². The highest BCUT2D eigenvalue weighted by atomic mass is 35.7. The first-order valence-corrected chi connectivity index (χ1v) is 7.98. The van der Waals surface area contributed by atoms with Crippen LogP contribution in [0.2, 0.25) is 5.02 Å². The van der Waals surface area contributed by atoms with Gasteiger partial charge in [-0.25, -0.2) is 8.42 Å². The van der Waals surface area contributed by atoms with Gasteiger partial charge in [-0.15, -0.1) is 0 Å². The Morgan fingerprint density at radius 2 is 1.94 bits per heavy atom. The van der Waals surface area contributed by atoms with Crippen LogP contribution in [-0.4, -0.2) is 27.7 Å². The first-order chi connectivity index (χ1) is 8.30. The lowest BCUT2D eigenvalue weighted by molar-refractivity contribution is 0.0553. The van der Waals surface area contributed by atoms with Gasteiger partial charge < -0.3 is 9.47 Å². The summed E-state index contributed by atoms with van der Waals surface area (Å²) in [7, 11) is 1.43. The largest absolute Gasteiger partial charge is 0.490 e. The fraction of sp³-hybridized carbons (Fsp3) is 0.455. The SMILES string of the molecule is CC(C)OCCOc1ccc(S(=O)(=O)Cl)cc1Cl. The van der Waals surface area contributed by atoms with Gasteiger partial charge in [-0.1, -0.05) is 11.6 Å². The number of ether oxygens (including phenoxy) is 2. The Kier molecular flexibility index (Phi) is 5.72. The third-order valence-corrected chi connectivity index (χ3v) is 3.62. The molecule has 7 heteroatoms. The minimum Gasteiger partial charge on any atom is -0.490 e. The number of rotatable bonds is 6. The summed E-state index contributed by atoms with van der Waals surface area (Å²) in [5, 5.41) is 0.196. The Hall–Kier alpha value is -0.490. The summed E-state index contributed by atoms with van der Waals surface area (Å²) in [5.41, 5.74) is 0. The molecule has 18 heavy (non-hydrogen) atoms. The predicted molar refractivity (Wildman–Crippen MR) is 71.1 cm³/mol. The summed E-state index contributed by atoms with van der Waals surface area (Å²) >= 11 is 5.89. The summed E-state index contributed by atoms with van der Waals surface area (Å²) in [6, 6.07) is 4.06. The topological polar surface area (TPSA) is 52.6 Å². The van der Waals surface area contributed by atoms with Gasteiger partial charge in [0.05, 0.1) is 22.6 Å². The molecule has 1 aromatic carbocycles. The highest BCUT2D eigenvalue weighted by Crippen LogP contribution is 2.28. The van der Waals surface area contributed by atoms with Crippen LogP contribution in [0.5, 0.6) is 5.75 Å².